The number of rotatable bonds is 5. The summed E-state index contributed by atoms with van der Waals surface area (Å²) in [4.78, 5) is 57.4. The van der Waals surface area contributed by atoms with Crippen molar-refractivity contribution in [2.75, 3.05) is 32.7 Å². The standard InChI is InChI=1S/C31H44N6O4/c1-22(2)13-17-36-20-27(38)33-31(14-7-10-25-9-5-6-11-26(25)31)30(41)32-15-18-35(16-8-12-28(36)39)29(40)21-37-24(4)19-23(3)34-37/h5-6,9,11,19,22H,7-8,10,12-18,20-21H2,1-4H3,(H,32,41)(H,33,38). The Bertz CT molecular complexity index is 1270. The summed E-state index contributed by atoms with van der Waals surface area (Å²) < 4.78 is 1.68. The van der Waals surface area contributed by atoms with Crippen LogP contribution in [0.15, 0.2) is 30.3 Å². The summed E-state index contributed by atoms with van der Waals surface area (Å²) in [5.41, 5.74) is 2.33. The minimum Gasteiger partial charge on any atom is -0.352 e. The Hall–Kier alpha value is -3.69. The van der Waals surface area contributed by atoms with E-state index >= 15 is 0 Å². The topological polar surface area (TPSA) is 117 Å². The average molecular weight is 565 g/mol. The van der Waals surface area contributed by atoms with Crippen molar-refractivity contribution in [3.8, 4) is 0 Å². The molecule has 0 radical (unpaired) electrons. The molecule has 1 atom stereocenters. The number of fused-ring (bicyclic) bond motifs is 2. The second kappa shape index (κ2) is 13.3. The number of aromatic nitrogens is 2. The molecule has 2 aliphatic rings. The van der Waals surface area contributed by atoms with Crippen molar-refractivity contribution < 1.29 is 19.2 Å². The molecule has 4 rings (SSSR count). The molecule has 2 aromatic rings. The smallest absolute Gasteiger partial charge is 0.250 e. The quantitative estimate of drug-likeness (QED) is 0.579. The van der Waals surface area contributed by atoms with Gasteiger partial charge in [-0.2, -0.15) is 5.10 Å². The van der Waals surface area contributed by atoms with Gasteiger partial charge in [0.2, 0.25) is 17.7 Å². The summed E-state index contributed by atoms with van der Waals surface area (Å²) >= 11 is 0. The van der Waals surface area contributed by atoms with Crippen LogP contribution in [0, 0.1) is 19.8 Å². The monoisotopic (exact) mass is 564 g/mol. The van der Waals surface area contributed by atoms with Gasteiger partial charge in [0.05, 0.1) is 12.2 Å². The summed E-state index contributed by atoms with van der Waals surface area (Å²) in [6.45, 7) is 9.31. The molecule has 4 amide bonds. The lowest BCUT2D eigenvalue weighted by molar-refractivity contribution is -0.140. The molecule has 1 aliphatic heterocycles. The molecule has 1 unspecified atom stereocenters. The highest BCUT2D eigenvalue weighted by Crippen LogP contribution is 2.35. The molecule has 2 N–H and O–H groups in total. The van der Waals surface area contributed by atoms with Gasteiger partial charge in [-0.1, -0.05) is 38.1 Å². The van der Waals surface area contributed by atoms with Crippen LogP contribution in [0.4, 0.5) is 0 Å². The second-order valence-electron chi connectivity index (χ2n) is 11.8. The van der Waals surface area contributed by atoms with E-state index in [1.807, 2.05) is 44.2 Å². The van der Waals surface area contributed by atoms with E-state index in [1.54, 1.807) is 14.5 Å². The Kier molecular flexibility index (Phi) is 9.83. The highest BCUT2D eigenvalue weighted by molar-refractivity contribution is 5.94. The van der Waals surface area contributed by atoms with Crippen LogP contribution in [-0.4, -0.2) is 75.9 Å². The predicted molar refractivity (Wildman–Crippen MR) is 156 cm³/mol. The van der Waals surface area contributed by atoms with Crippen molar-refractivity contribution in [3.05, 3.63) is 52.8 Å². The maximum Gasteiger partial charge on any atom is 0.250 e. The van der Waals surface area contributed by atoms with Gasteiger partial charge in [-0.25, -0.2) is 0 Å². The molecular weight excluding hydrogens is 520 g/mol. The fourth-order valence-corrected chi connectivity index (χ4v) is 5.87. The summed E-state index contributed by atoms with van der Waals surface area (Å²) in [6.07, 6.45) is 3.49. The van der Waals surface area contributed by atoms with E-state index in [0.29, 0.717) is 38.4 Å². The van der Waals surface area contributed by atoms with Gasteiger partial charge in [-0.05, 0) is 69.1 Å². The van der Waals surface area contributed by atoms with Crippen LogP contribution in [0.5, 0.6) is 0 Å². The second-order valence-corrected chi connectivity index (χ2v) is 11.8. The van der Waals surface area contributed by atoms with Crippen molar-refractivity contribution >= 4 is 23.6 Å². The number of carbonyl (C=O) groups excluding carboxylic acids is 4. The number of nitrogens with one attached hydrogen (secondary N) is 2. The van der Waals surface area contributed by atoms with Gasteiger partial charge in [0.1, 0.15) is 12.1 Å². The van der Waals surface area contributed by atoms with Crippen molar-refractivity contribution in [1.82, 2.24) is 30.2 Å². The molecule has 0 bridgehead atoms. The van der Waals surface area contributed by atoms with E-state index in [0.717, 1.165) is 41.8 Å². The minimum absolute atomic E-state index is 0.0927. The van der Waals surface area contributed by atoms with Gasteiger partial charge in [0.15, 0.2) is 0 Å². The zero-order valence-corrected chi connectivity index (χ0v) is 24.9. The van der Waals surface area contributed by atoms with Gasteiger partial charge in [-0.15, -0.1) is 0 Å². The van der Waals surface area contributed by atoms with Gasteiger partial charge in [0.25, 0.3) is 5.91 Å². The Morgan fingerprint density at radius 3 is 2.59 bits per heavy atom. The van der Waals surface area contributed by atoms with E-state index in [9.17, 15) is 19.2 Å². The van der Waals surface area contributed by atoms with Crippen LogP contribution in [0.2, 0.25) is 0 Å². The zero-order chi connectivity index (χ0) is 29.6. The Morgan fingerprint density at radius 1 is 1.07 bits per heavy atom. The number of hydrogen-bond acceptors (Lipinski definition) is 5. The molecule has 1 saturated heterocycles. The summed E-state index contributed by atoms with van der Waals surface area (Å²) in [5.74, 6) is -0.503. The fourth-order valence-electron chi connectivity index (χ4n) is 5.87. The molecule has 1 aliphatic carbocycles. The third-order valence-corrected chi connectivity index (χ3v) is 8.11. The van der Waals surface area contributed by atoms with Gasteiger partial charge < -0.3 is 20.4 Å². The zero-order valence-electron chi connectivity index (χ0n) is 24.9. The molecule has 10 nitrogen and oxygen atoms in total. The fraction of sp³-hybridized carbons (Fsp3) is 0.581. The van der Waals surface area contributed by atoms with Crippen LogP contribution >= 0.6 is 0 Å². The van der Waals surface area contributed by atoms with Crippen molar-refractivity contribution in [3.63, 3.8) is 0 Å². The normalized spacial score (nSPS) is 21.0. The van der Waals surface area contributed by atoms with Gasteiger partial charge >= 0.3 is 0 Å². The highest BCUT2D eigenvalue weighted by Gasteiger charge is 2.44. The largest absolute Gasteiger partial charge is 0.352 e. The molecule has 41 heavy (non-hydrogen) atoms. The predicted octanol–water partition coefficient (Wildman–Crippen LogP) is 2.46. The average Bonchev–Trinajstić information content (AvgIpc) is 3.25. The van der Waals surface area contributed by atoms with Crippen molar-refractivity contribution in [2.24, 2.45) is 5.92 Å². The van der Waals surface area contributed by atoms with Gasteiger partial charge in [-0.3, -0.25) is 23.9 Å². The van der Waals surface area contributed by atoms with Crippen LogP contribution in [0.3, 0.4) is 0 Å². The van der Waals surface area contributed by atoms with Crippen molar-refractivity contribution in [1.29, 1.82) is 0 Å². The molecule has 0 saturated carbocycles. The first-order valence-electron chi connectivity index (χ1n) is 14.8. The van der Waals surface area contributed by atoms with Crippen LogP contribution in [0.1, 0.15) is 68.5 Å². The molecule has 222 valence electrons. The third kappa shape index (κ3) is 7.34. The van der Waals surface area contributed by atoms with Crippen LogP contribution < -0.4 is 10.6 Å². The Labute approximate surface area is 242 Å². The maximum absolute atomic E-state index is 13.9. The Morgan fingerprint density at radius 2 is 1.85 bits per heavy atom. The number of carbonyl (C=O) groups is 4. The number of amides is 4. The van der Waals surface area contributed by atoms with E-state index in [4.69, 9.17) is 0 Å². The summed E-state index contributed by atoms with van der Waals surface area (Å²) in [7, 11) is 0. The first-order valence-corrected chi connectivity index (χ1v) is 14.8. The first kappa shape index (κ1) is 30.3. The lowest BCUT2D eigenvalue weighted by atomic mass is 9.75. The number of nitrogens with zero attached hydrogens (tertiary/aromatic N) is 4. The molecular formula is C31H44N6O4. The lowest BCUT2D eigenvalue weighted by Crippen LogP contribution is -2.60. The van der Waals surface area contributed by atoms with Crippen molar-refractivity contribution in [2.45, 2.75) is 78.3 Å². The number of benzene rings is 1. The molecule has 2 heterocycles. The number of hydrogen-bond donors (Lipinski definition) is 2. The van der Waals surface area contributed by atoms with E-state index in [-0.39, 0.29) is 49.7 Å². The van der Waals surface area contributed by atoms with Crippen LogP contribution in [-0.2, 0) is 37.7 Å². The lowest BCUT2D eigenvalue weighted by Gasteiger charge is -2.39. The maximum atomic E-state index is 13.9. The number of aryl methyl sites for hydroxylation is 3. The molecule has 1 spiro atoms. The molecule has 1 aromatic heterocycles. The van der Waals surface area contributed by atoms with E-state index in [2.05, 4.69) is 29.6 Å². The molecule has 10 heteroatoms. The molecule has 1 fully saturated rings. The molecule has 1 aromatic carbocycles. The SMILES string of the molecule is Cc1cc(C)n(CC(=O)N2CCCC(=O)N(CCC(C)C)CC(=O)NC3(CCCc4ccccc43)C(=O)NCC2)n1. The van der Waals surface area contributed by atoms with Crippen LogP contribution in [0.25, 0.3) is 0 Å². The highest BCUT2D eigenvalue weighted by atomic mass is 16.2. The summed E-state index contributed by atoms with van der Waals surface area (Å²) in [6, 6.07) is 9.66. The Balaban J connectivity index is 1.61. The van der Waals surface area contributed by atoms with E-state index in [1.165, 1.54) is 0 Å². The summed E-state index contributed by atoms with van der Waals surface area (Å²) in [5, 5.41) is 10.5. The minimum atomic E-state index is -1.23. The third-order valence-electron chi connectivity index (χ3n) is 8.11. The van der Waals surface area contributed by atoms with E-state index < -0.39 is 5.54 Å². The first-order chi connectivity index (χ1) is 19.6. The van der Waals surface area contributed by atoms with Gasteiger partial charge in [0, 0.05) is 38.3 Å².